The smallest absolute Gasteiger partial charge is 0.325 e. The van der Waals surface area contributed by atoms with E-state index >= 15 is 0 Å². The maximum atomic E-state index is 12.7. The number of fused-ring (bicyclic) bond motifs is 1. The van der Waals surface area contributed by atoms with Crippen molar-refractivity contribution in [2.24, 2.45) is 0 Å². The van der Waals surface area contributed by atoms with Gasteiger partial charge in [0.15, 0.2) is 11.5 Å². The van der Waals surface area contributed by atoms with Crippen LogP contribution in [0.1, 0.15) is 44.1 Å². The van der Waals surface area contributed by atoms with Crippen LogP contribution in [-0.2, 0) is 16.0 Å². The van der Waals surface area contributed by atoms with E-state index in [0.717, 1.165) is 36.3 Å². The van der Waals surface area contributed by atoms with Gasteiger partial charge in [-0.2, -0.15) is 0 Å². The van der Waals surface area contributed by atoms with Crippen molar-refractivity contribution >= 4 is 17.8 Å². The van der Waals surface area contributed by atoms with Crippen LogP contribution in [-0.4, -0.2) is 48.2 Å². The van der Waals surface area contributed by atoms with E-state index in [4.69, 9.17) is 9.47 Å². The zero-order chi connectivity index (χ0) is 19.6. The molecule has 0 unspecified atom stereocenters. The van der Waals surface area contributed by atoms with Gasteiger partial charge in [0, 0.05) is 19.5 Å². The van der Waals surface area contributed by atoms with Crippen molar-refractivity contribution in [3.8, 4) is 11.5 Å². The van der Waals surface area contributed by atoms with Gasteiger partial charge in [-0.15, -0.1) is 0 Å². The van der Waals surface area contributed by atoms with Crippen LogP contribution in [0.4, 0.5) is 4.79 Å². The van der Waals surface area contributed by atoms with Crippen LogP contribution in [0.15, 0.2) is 18.2 Å². The maximum absolute atomic E-state index is 12.7. The number of imide groups is 1. The summed E-state index contributed by atoms with van der Waals surface area (Å²) in [6.45, 7) is 0.824. The van der Waals surface area contributed by atoms with Gasteiger partial charge in [-0.1, -0.05) is 25.3 Å². The third-order valence-electron chi connectivity index (χ3n) is 5.69. The summed E-state index contributed by atoms with van der Waals surface area (Å²) in [5.74, 6) is 1.10. The molecular weight excluding hydrogens is 362 g/mol. The quantitative estimate of drug-likeness (QED) is 0.725. The molecule has 8 heteroatoms. The highest BCUT2D eigenvalue weighted by molar-refractivity contribution is 6.07. The van der Waals surface area contributed by atoms with Crippen LogP contribution in [0.3, 0.4) is 0 Å². The number of amides is 4. The number of hydrogen-bond donors (Lipinski definition) is 2. The predicted molar refractivity (Wildman–Crippen MR) is 100.0 cm³/mol. The Morgan fingerprint density at radius 2 is 1.93 bits per heavy atom. The molecule has 0 radical (unpaired) electrons. The minimum atomic E-state index is -0.731. The van der Waals surface area contributed by atoms with Crippen LogP contribution in [0.5, 0.6) is 11.5 Å². The van der Waals surface area contributed by atoms with Crippen molar-refractivity contribution in [1.29, 1.82) is 0 Å². The Bertz CT molecular complexity index is 788. The molecule has 1 spiro atoms. The molecule has 1 aromatic carbocycles. The van der Waals surface area contributed by atoms with Crippen LogP contribution in [0, 0.1) is 0 Å². The molecule has 8 nitrogen and oxygen atoms in total. The minimum Gasteiger partial charge on any atom is -0.454 e. The van der Waals surface area contributed by atoms with Gasteiger partial charge >= 0.3 is 6.03 Å². The number of ether oxygens (including phenoxy) is 2. The molecule has 1 saturated carbocycles. The number of rotatable bonds is 6. The van der Waals surface area contributed by atoms with E-state index in [9.17, 15) is 14.4 Å². The summed E-state index contributed by atoms with van der Waals surface area (Å²) in [4.78, 5) is 38.2. The van der Waals surface area contributed by atoms with E-state index in [1.165, 1.54) is 4.90 Å². The number of nitrogens with zero attached hydrogens (tertiary/aromatic N) is 1. The van der Waals surface area contributed by atoms with Crippen LogP contribution in [0.25, 0.3) is 0 Å². The van der Waals surface area contributed by atoms with Gasteiger partial charge in [0.25, 0.3) is 5.91 Å². The Hall–Kier alpha value is -2.77. The van der Waals surface area contributed by atoms with E-state index in [1.807, 2.05) is 18.2 Å². The molecule has 2 heterocycles. The second-order valence-corrected chi connectivity index (χ2v) is 7.57. The highest BCUT2D eigenvalue weighted by atomic mass is 16.7. The maximum Gasteiger partial charge on any atom is 0.325 e. The number of nitrogens with one attached hydrogen (secondary N) is 2. The van der Waals surface area contributed by atoms with Gasteiger partial charge in [0.1, 0.15) is 5.54 Å². The van der Waals surface area contributed by atoms with Crippen molar-refractivity contribution in [3.63, 3.8) is 0 Å². The number of benzene rings is 1. The van der Waals surface area contributed by atoms with E-state index < -0.39 is 5.54 Å². The van der Waals surface area contributed by atoms with Crippen molar-refractivity contribution in [3.05, 3.63) is 23.8 Å². The first kappa shape index (κ1) is 18.6. The van der Waals surface area contributed by atoms with Gasteiger partial charge in [-0.25, -0.2) is 4.79 Å². The number of carbonyl (C=O) groups is 3. The monoisotopic (exact) mass is 387 g/mol. The fourth-order valence-electron chi connectivity index (χ4n) is 4.12. The first-order valence-electron chi connectivity index (χ1n) is 9.87. The molecule has 3 aliphatic rings. The second-order valence-electron chi connectivity index (χ2n) is 7.57. The molecule has 1 aromatic rings. The summed E-state index contributed by atoms with van der Waals surface area (Å²) in [6, 6.07) is 5.33. The van der Waals surface area contributed by atoms with Gasteiger partial charge in [0.2, 0.25) is 12.7 Å². The Morgan fingerprint density at radius 1 is 1.14 bits per heavy atom. The molecular formula is C20H25N3O5. The first-order chi connectivity index (χ1) is 13.6. The van der Waals surface area contributed by atoms with Gasteiger partial charge in [0.05, 0.1) is 0 Å². The lowest BCUT2D eigenvalue weighted by Gasteiger charge is -2.30. The van der Waals surface area contributed by atoms with E-state index in [1.54, 1.807) is 0 Å². The molecule has 1 aliphatic carbocycles. The van der Waals surface area contributed by atoms with Crippen molar-refractivity contribution in [2.75, 3.05) is 19.9 Å². The summed E-state index contributed by atoms with van der Waals surface area (Å²) in [6.07, 6.45) is 5.13. The lowest BCUT2D eigenvalue weighted by molar-refractivity contribution is -0.132. The zero-order valence-electron chi connectivity index (χ0n) is 15.8. The van der Waals surface area contributed by atoms with E-state index in [-0.39, 0.29) is 37.6 Å². The summed E-state index contributed by atoms with van der Waals surface area (Å²) < 4.78 is 10.6. The third kappa shape index (κ3) is 3.63. The van der Waals surface area contributed by atoms with E-state index in [0.29, 0.717) is 25.8 Å². The Morgan fingerprint density at radius 3 is 2.75 bits per heavy atom. The molecule has 28 heavy (non-hydrogen) atoms. The predicted octanol–water partition coefficient (Wildman–Crippen LogP) is 1.72. The Balaban J connectivity index is 1.22. The summed E-state index contributed by atoms with van der Waals surface area (Å²) in [7, 11) is 0. The lowest BCUT2D eigenvalue weighted by atomic mass is 9.82. The standard InChI is InChI=1S/C20H25N3O5/c24-17(21-10-6-14-4-5-15-16(12-14)28-13-27-15)7-11-23-18(25)20(22-19(23)26)8-2-1-3-9-20/h4-5,12H,1-3,6-11,13H2,(H,21,24)(H,22,26). The van der Waals surface area contributed by atoms with Gasteiger partial charge < -0.3 is 20.1 Å². The normalized spacial score (nSPS) is 19.8. The van der Waals surface area contributed by atoms with Crippen LogP contribution < -0.4 is 20.1 Å². The largest absolute Gasteiger partial charge is 0.454 e. The fourth-order valence-corrected chi connectivity index (χ4v) is 4.12. The molecule has 2 N–H and O–H groups in total. The molecule has 4 amide bonds. The average Bonchev–Trinajstić information content (AvgIpc) is 3.24. The highest BCUT2D eigenvalue weighted by Crippen LogP contribution is 2.34. The SMILES string of the molecule is O=C(CCN1C(=O)NC2(CCCCC2)C1=O)NCCc1ccc2c(c1)OCO2. The lowest BCUT2D eigenvalue weighted by Crippen LogP contribution is -2.48. The minimum absolute atomic E-state index is 0.108. The Kier molecular flexibility index (Phi) is 5.11. The molecule has 2 fully saturated rings. The molecule has 1 saturated heterocycles. The van der Waals surface area contributed by atoms with Gasteiger partial charge in [-0.05, 0) is 37.0 Å². The second kappa shape index (κ2) is 7.69. The molecule has 2 aliphatic heterocycles. The number of carbonyl (C=O) groups excluding carboxylic acids is 3. The van der Waals surface area contributed by atoms with Gasteiger partial charge in [-0.3, -0.25) is 14.5 Å². The molecule has 150 valence electrons. The molecule has 0 atom stereocenters. The van der Waals surface area contributed by atoms with Crippen LogP contribution >= 0.6 is 0 Å². The molecule has 0 aromatic heterocycles. The highest BCUT2D eigenvalue weighted by Gasteiger charge is 2.50. The number of urea groups is 1. The zero-order valence-corrected chi connectivity index (χ0v) is 15.8. The van der Waals surface area contributed by atoms with Crippen molar-refractivity contribution in [1.82, 2.24) is 15.5 Å². The summed E-state index contributed by atoms with van der Waals surface area (Å²) in [5.41, 5.74) is 0.309. The fraction of sp³-hybridized carbons (Fsp3) is 0.550. The first-order valence-corrected chi connectivity index (χ1v) is 9.87. The van der Waals surface area contributed by atoms with Crippen molar-refractivity contribution < 1.29 is 23.9 Å². The van der Waals surface area contributed by atoms with E-state index in [2.05, 4.69) is 10.6 Å². The topological polar surface area (TPSA) is 97.0 Å². The number of hydrogen-bond acceptors (Lipinski definition) is 5. The Labute approximate surface area is 163 Å². The van der Waals surface area contributed by atoms with Crippen LogP contribution in [0.2, 0.25) is 0 Å². The molecule has 4 rings (SSSR count). The third-order valence-corrected chi connectivity index (χ3v) is 5.69. The van der Waals surface area contributed by atoms with Crippen molar-refractivity contribution in [2.45, 2.75) is 50.5 Å². The molecule has 0 bridgehead atoms. The summed E-state index contributed by atoms with van der Waals surface area (Å²) in [5, 5.41) is 5.70. The average molecular weight is 387 g/mol. The summed E-state index contributed by atoms with van der Waals surface area (Å²) >= 11 is 0.